The number of carbonyl (C=O) groups is 1. The molecule has 3 unspecified atom stereocenters. The molecule has 0 radical (unpaired) electrons. The summed E-state index contributed by atoms with van der Waals surface area (Å²) < 4.78 is 5.32. The number of nitrogens with one attached hydrogen (secondary N) is 1. The average molecular weight is 313 g/mol. The van der Waals surface area contributed by atoms with E-state index in [2.05, 4.69) is 5.32 Å². The molecule has 21 heavy (non-hydrogen) atoms. The van der Waals surface area contributed by atoms with Crippen LogP contribution < -0.4 is 11.1 Å². The molecule has 4 nitrogen and oxygen atoms in total. The van der Waals surface area contributed by atoms with E-state index in [4.69, 9.17) is 10.5 Å². The number of benzene rings is 1. The molecule has 1 aliphatic rings. The van der Waals surface area contributed by atoms with Crippen LogP contribution in [0.4, 0.5) is 0 Å². The van der Waals surface area contributed by atoms with Crippen LogP contribution in [0, 0.1) is 5.92 Å². The highest BCUT2D eigenvalue weighted by Crippen LogP contribution is 2.23. The molecule has 0 saturated heterocycles. The minimum atomic E-state index is -0.534. The van der Waals surface area contributed by atoms with Crippen molar-refractivity contribution in [2.75, 3.05) is 13.7 Å². The summed E-state index contributed by atoms with van der Waals surface area (Å²) in [5.74, 6) is 0.425. The summed E-state index contributed by atoms with van der Waals surface area (Å²) in [4.78, 5) is 12.2. The van der Waals surface area contributed by atoms with Gasteiger partial charge in [-0.25, -0.2) is 0 Å². The third-order valence-electron chi connectivity index (χ3n) is 3.96. The lowest BCUT2D eigenvalue weighted by molar-refractivity contribution is -0.131. The first-order valence-corrected chi connectivity index (χ1v) is 7.31. The normalized spacial score (nSPS) is 23.0. The molecule has 1 aromatic carbocycles. The van der Waals surface area contributed by atoms with Gasteiger partial charge in [0.25, 0.3) is 5.91 Å². The van der Waals surface area contributed by atoms with Crippen molar-refractivity contribution in [3.63, 3.8) is 0 Å². The van der Waals surface area contributed by atoms with Gasteiger partial charge in [0.2, 0.25) is 0 Å². The fourth-order valence-corrected chi connectivity index (χ4v) is 2.88. The van der Waals surface area contributed by atoms with Crippen LogP contribution in [0.2, 0.25) is 0 Å². The van der Waals surface area contributed by atoms with Gasteiger partial charge >= 0.3 is 0 Å². The van der Waals surface area contributed by atoms with Gasteiger partial charge in [-0.3, -0.25) is 4.79 Å². The molecule has 3 atom stereocenters. The second kappa shape index (κ2) is 9.03. The van der Waals surface area contributed by atoms with Gasteiger partial charge in [0.15, 0.2) is 6.10 Å². The minimum absolute atomic E-state index is 0. The Kier molecular flexibility index (Phi) is 7.72. The van der Waals surface area contributed by atoms with E-state index in [1.807, 2.05) is 30.3 Å². The highest BCUT2D eigenvalue weighted by molar-refractivity contribution is 5.85. The van der Waals surface area contributed by atoms with E-state index in [0.29, 0.717) is 12.5 Å². The fraction of sp³-hybridized carbons (Fsp3) is 0.562. The predicted molar refractivity (Wildman–Crippen MR) is 86.4 cm³/mol. The van der Waals surface area contributed by atoms with Crippen molar-refractivity contribution in [1.29, 1.82) is 0 Å². The number of rotatable bonds is 5. The number of carbonyl (C=O) groups excluding carboxylic acids is 1. The molecule has 1 fully saturated rings. The zero-order valence-electron chi connectivity index (χ0n) is 12.5. The average Bonchev–Trinajstić information content (AvgIpc) is 2.47. The quantitative estimate of drug-likeness (QED) is 0.877. The van der Waals surface area contributed by atoms with E-state index in [9.17, 15) is 4.79 Å². The van der Waals surface area contributed by atoms with E-state index >= 15 is 0 Å². The third kappa shape index (κ3) is 5.30. The number of methoxy groups -OCH3 is 1. The maximum atomic E-state index is 12.2. The number of ether oxygens (including phenoxy) is 1. The SMILES string of the molecule is COC(C(=O)NCC1CCCC(N)C1)c1ccccc1.Cl. The lowest BCUT2D eigenvalue weighted by Gasteiger charge is -2.27. The van der Waals surface area contributed by atoms with Crippen molar-refractivity contribution in [3.05, 3.63) is 35.9 Å². The molecular formula is C16H25ClN2O2. The molecule has 118 valence electrons. The van der Waals surface area contributed by atoms with Crippen molar-refractivity contribution in [3.8, 4) is 0 Å². The van der Waals surface area contributed by atoms with Crippen molar-refractivity contribution in [2.24, 2.45) is 11.7 Å². The number of hydrogen-bond acceptors (Lipinski definition) is 3. The Balaban J connectivity index is 0.00000220. The van der Waals surface area contributed by atoms with E-state index in [0.717, 1.165) is 31.2 Å². The van der Waals surface area contributed by atoms with E-state index in [1.165, 1.54) is 0 Å². The highest BCUT2D eigenvalue weighted by Gasteiger charge is 2.23. The summed E-state index contributed by atoms with van der Waals surface area (Å²) in [5.41, 5.74) is 6.85. The summed E-state index contributed by atoms with van der Waals surface area (Å²) >= 11 is 0. The lowest BCUT2D eigenvalue weighted by Crippen LogP contribution is -2.38. The van der Waals surface area contributed by atoms with Crippen LogP contribution in [-0.4, -0.2) is 25.6 Å². The van der Waals surface area contributed by atoms with Crippen LogP contribution >= 0.6 is 12.4 Å². The molecule has 1 amide bonds. The standard InChI is InChI=1S/C16H24N2O2.ClH/c1-20-15(13-7-3-2-4-8-13)16(19)18-11-12-6-5-9-14(17)10-12;/h2-4,7-8,12,14-15H,5-6,9-11,17H2,1H3,(H,18,19);1H. The molecule has 0 bridgehead atoms. The minimum Gasteiger partial charge on any atom is -0.367 e. The number of halogens is 1. The van der Waals surface area contributed by atoms with Crippen molar-refractivity contribution in [1.82, 2.24) is 5.32 Å². The van der Waals surface area contributed by atoms with Gasteiger partial charge < -0.3 is 15.8 Å². The Hall–Kier alpha value is -1.10. The van der Waals surface area contributed by atoms with Gasteiger partial charge in [0.05, 0.1) is 0 Å². The Labute approximate surface area is 132 Å². The van der Waals surface area contributed by atoms with Gasteiger partial charge in [0.1, 0.15) is 0 Å². The van der Waals surface area contributed by atoms with Crippen LogP contribution in [0.25, 0.3) is 0 Å². The zero-order valence-corrected chi connectivity index (χ0v) is 13.3. The molecule has 0 heterocycles. The summed E-state index contributed by atoms with van der Waals surface area (Å²) in [6.07, 6.45) is 3.89. The third-order valence-corrected chi connectivity index (χ3v) is 3.96. The number of amides is 1. The Bertz CT molecular complexity index is 428. The van der Waals surface area contributed by atoms with Gasteiger partial charge in [-0.1, -0.05) is 36.8 Å². The maximum absolute atomic E-state index is 12.2. The molecule has 0 spiro atoms. The van der Waals surface area contributed by atoms with Crippen molar-refractivity contribution in [2.45, 2.75) is 37.8 Å². The molecular weight excluding hydrogens is 288 g/mol. The van der Waals surface area contributed by atoms with Crippen LogP contribution in [0.1, 0.15) is 37.4 Å². The molecule has 1 aliphatic carbocycles. The molecule has 0 aliphatic heterocycles. The smallest absolute Gasteiger partial charge is 0.253 e. The first kappa shape index (κ1) is 18.0. The molecule has 1 saturated carbocycles. The number of nitrogens with two attached hydrogens (primary N) is 1. The van der Waals surface area contributed by atoms with Crippen molar-refractivity contribution >= 4 is 18.3 Å². The van der Waals surface area contributed by atoms with Crippen LogP contribution in [0.5, 0.6) is 0 Å². The summed E-state index contributed by atoms with van der Waals surface area (Å²) in [6, 6.07) is 9.85. The highest BCUT2D eigenvalue weighted by atomic mass is 35.5. The summed E-state index contributed by atoms with van der Waals surface area (Å²) in [7, 11) is 1.56. The van der Waals surface area contributed by atoms with Crippen molar-refractivity contribution < 1.29 is 9.53 Å². The molecule has 2 rings (SSSR count). The van der Waals surface area contributed by atoms with Gasteiger partial charge in [-0.05, 0) is 30.7 Å². The van der Waals surface area contributed by atoms with Gasteiger partial charge in [-0.2, -0.15) is 0 Å². The second-order valence-corrected chi connectivity index (χ2v) is 5.56. The first-order valence-electron chi connectivity index (χ1n) is 7.31. The summed E-state index contributed by atoms with van der Waals surface area (Å²) in [6.45, 7) is 0.694. The molecule has 1 aromatic rings. The van der Waals surface area contributed by atoms with Crippen LogP contribution in [0.15, 0.2) is 30.3 Å². The Morgan fingerprint density at radius 3 is 2.71 bits per heavy atom. The fourth-order valence-electron chi connectivity index (χ4n) is 2.88. The summed E-state index contributed by atoms with van der Waals surface area (Å²) in [5, 5.41) is 3.00. The predicted octanol–water partition coefficient (Wildman–Crippen LogP) is 2.43. The molecule has 5 heteroatoms. The van der Waals surface area contributed by atoms with Gasteiger partial charge in [-0.15, -0.1) is 12.4 Å². The molecule has 0 aromatic heterocycles. The lowest BCUT2D eigenvalue weighted by atomic mass is 9.86. The number of hydrogen-bond donors (Lipinski definition) is 2. The van der Waals surface area contributed by atoms with Crippen LogP contribution in [0.3, 0.4) is 0 Å². The Morgan fingerprint density at radius 2 is 2.10 bits per heavy atom. The second-order valence-electron chi connectivity index (χ2n) is 5.56. The molecule has 3 N–H and O–H groups in total. The van der Waals surface area contributed by atoms with Crippen LogP contribution in [-0.2, 0) is 9.53 Å². The topological polar surface area (TPSA) is 64.3 Å². The zero-order chi connectivity index (χ0) is 14.4. The van der Waals surface area contributed by atoms with Gasteiger partial charge in [0, 0.05) is 19.7 Å². The Morgan fingerprint density at radius 1 is 1.38 bits per heavy atom. The largest absolute Gasteiger partial charge is 0.367 e. The first-order chi connectivity index (χ1) is 9.70. The monoisotopic (exact) mass is 312 g/mol. The maximum Gasteiger partial charge on any atom is 0.253 e. The van der Waals surface area contributed by atoms with E-state index in [-0.39, 0.29) is 24.4 Å². The van der Waals surface area contributed by atoms with E-state index in [1.54, 1.807) is 7.11 Å². The van der Waals surface area contributed by atoms with E-state index < -0.39 is 6.10 Å².